The van der Waals surface area contributed by atoms with E-state index < -0.39 is 39.9 Å². The molecule has 2 unspecified atom stereocenters. The maximum atomic E-state index is 13.6. The summed E-state index contributed by atoms with van der Waals surface area (Å²) >= 11 is 0. The number of carbonyl (C=O) groups is 2. The number of fused-ring (bicyclic) bond motifs is 1. The molecule has 0 radical (unpaired) electrons. The van der Waals surface area contributed by atoms with Crippen LogP contribution in [0.2, 0.25) is 0 Å². The molecule has 0 saturated heterocycles. The topological polar surface area (TPSA) is 128 Å². The molecule has 0 aromatic heterocycles. The normalized spacial score (nSPS) is 18.4. The summed E-state index contributed by atoms with van der Waals surface area (Å²) in [4.78, 5) is 26.7. The third-order valence-electron chi connectivity index (χ3n) is 6.79. The Bertz CT molecular complexity index is 1430. The van der Waals surface area contributed by atoms with E-state index >= 15 is 0 Å². The first-order chi connectivity index (χ1) is 17.2. The highest BCUT2D eigenvalue weighted by Gasteiger charge is 2.39. The smallest absolute Gasteiger partial charge is 0.308 e. The number of nitriles is 1. The minimum absolute atomic E-state index is 0.0331. The van der Waals surface area contributed by atoms with Crippen LogP contribution in [0, 0.1) is 17.2 Å². The summed E-state index contributed by atoms with van der Waals surface area (Å²) in [5.41, 5.74) is 1.12. The number of carboxylic acid groups (broad SMARTS) is 1. The lowest BCUT2D eigenvalue weighted by Crippen LogP contribution is -2.52. The second-order valence-corrected chi connectivity index (χ2v) is 10.8. The van der Waals surface area contributed by atoms with E-state index in [2.05, 4.69) is 4.72 Å². The van der Waals surface area contributed by atoms with Gasteiger partial charge in [-0.1, -0.05) is 48.9 Å². The van der Waals surface area contributed by atoms with Crippen LogP contribution in [0.4, 0.5) is 0 Å². The molecular formula is C27H27N3O5S. The Morgan fingerprint density at radius 1 is 1.08 bits per heavy atom. The van der Waals surface area contributed by atoms with Crippen LogP contribution in [0.15, 0.2) is 71.6 Å². The molecule has 4 rings (SSSR count). The van der Waals surface area contributed by atoms with Crippen LogP contribution in [-0.2, 0) is 26.0 Å². The fourth-order valence-electron chi connectivity index (χ4n) is 4.82. The van der Waals surface area contributed by atoms with Crippen molar-refractivity contribution < 1.29 is 23.1 Å². The number of likely N-dealkylation sites (N-methyl/N-ethyl adjacent to an activating group) is 1. The highest BCUT2D eigenvalue weighted by Crippen LogP contribution is 2.30. The van der Waals surface area contributed by atoms with E-state index in [1.807, 2.05) is 30.3 Å². The number of amides is 1. The number of sulfonamides is 1. The fourth-order valence-corrected chi connectivity index (χ4v) is 6.05. The minimum Gasteiger partial charge on any atom is -0.481 e. The quantitative estimate of drug-likeness (QED) is 0.483. The molecule has 1 saturated carbocycles. The Balaban J connectivity index is 1.65. The van der Waals surface area contributed by atoms with E-state index in [1.165, 1.54) is 18.0 Å². The number of hydrogen-bond donors (Lipinski definition) is 2. The van der Waals surface area contributed by atoms with Crippen molar-refractivity contribution in [3.63, 3.8) is 0 Å². The Hall–Kier alpha value is -3.74. The number of aliphatic carboxylic acids is 1. The Morgan fingerprint density at radius 2 is 1.78 bits per heavy atom. The monoisotopic (exact) mass is 505 g/mol. The molecule has 0 spiro atoms. The average Bonchev–Trinajstić information content (AvgIpc) is 3.38. The Morgan fingerprint density at radius 3 is 2.44 bits per heavy atom. The highest BCUT2D eigenvalue weighted by atomic mass is 32.2. The van der Waals surface area contributed by atoms with Gasteiger partial charge in [0.1, 0.15) is 6.04 Å². The molecule has 0 heterocycles. The molecule has 1 fully saturated rings. The van der Waals surface area contributed by atoms with Crippen LogP contribution >= 0.6 is 0 Å². The van der Waals surface area contributed by atoms with Gasteiger partial charge in [-0.3, -0.25) is 9.59 Å². The van der Waals surface area contributed by atoms with Crippen molar-refractivity contribution in [2.45, 2.75) is 42.7 Å². The predicted octanol–water partition coefficient (Wildman–Crippen LogP) is 3.31. The van der Waals surface area contributed by atoms with Gasteiger partial charge in [-0.2, -0.15) is 9.98 Å². The summed E-state index contributed by atoms with van der Waals surface area (Å²) in [7, 11) is -2.55. The van der Waals surface area contributed by atoms with E-state index in [-0.39, 0.29) is 11.3 Å². The van der Waals surface area contributed by atoms with Crippen LogP contribution in [0.3, 0.4) is 0 Å². The summed E-state index contributed by atoms with van der Waals surface area (Å²) in [6.07, 6.45) is 1.75. The SMILES string of the molecule is CN(C(=O)[C@H](Cc1ccc(C#N)cc1)NS(=O)(=O)c1ccc2ccccc2c1)C1CCCC1C(=O)O. The Kier molecular flexibility index (Phi) is 7.38. The maximum Gasteiger partial charge on any atom is 0.308 e. The van der Waals surface area contributed by atoms with E-state index in [4.69, 9.17) is 5.26 Å². The number of rotatable bonds is 8. The molecule has 1 aliphatic carbocycles. The molecule has 3 aromatic carbocycles. The summed E-state index contributed by atoms with van der Waals surface area (Å²) in [6.45, 7) is 0. The van der Waals surface area contributed by atoms with Gasteiger partial charge in [0.25, 0.3) is 0 Å². The van der Waals surface area contributed by atoms with Crippen LogP contribution in [0.25, 0.3) is 10.8 Å². The standard InChI is InChI=1S/C27H27N3O5S/c1-30(25-8-4-7-23(25)27(32)33)26(31)24(15-18-9-11-19(17-28)12-10-18)29-36(34,35)22-14-13-20-5-2-3-6-21(20)16-22/h2-3,5-6,9-14,16,23-25,29H,4,7-8,15H2,1H3,(H,32,33)/t23?,24-,25?/m0/s1. The first-order valence-electron chi connectivity index (χ1n) is 11.7. The van der Waals surface area contributed by atoms with Crippen molar-refractivity contribution in [1.29, 1.82) is 5.26 Å². The lowest BCUT2D eigenvalue weighted by Gasteiger charge is -2.31. The van der Waals surface area contributed by atoms with Gasteiger partial charge in [-0.05, 0) is 59.9 Å². The van der Waals surface area contributed by atoms with Gasteiger partial charge >= 0.3 is 5.97 Å². The molecule has 1 amide bonds. The molecular weight excluding hydrogens is 478 g/mol. The van der Waals surface area contributed by atoms with Crippen LogP contribution < -0.4 is 4.72 Å². The lowest BCUT2D eigenvalue weighted by atomic mass is 10.00. The van der Waals surface area contributed by atoms with E-state index in [9.17, 15) is 23.1 Å². The summed E-state index contributed by atoms with van der Waals surface area (Å²) < 4.78 is 29.3. The predicted molar refractivity (Wildman–Crippen MR) is 134 cm³/mol. The number of carbonyl (C=O) groups excluding carboxylic acids is 1. The van der Waals surface area contributed by atoms with Crippen LogP contribution in [0.1, 0.15) is 30.4 Å². The summed E-state index contributed by atoms with van der Waals surface area (Å²) in [5, 5.41) is 20.3. The Labute approximate surface area is 210 Å². The van der Waals surface area contributed by atoms with Crippen molar-refractivity contribution in [3.05, 3.63) is 77.9 Å². The van der Waals surface area contributed by atoms with E-state index in [0.29, 0.717) is 30.4 Å². The van der Waals surface area contributed by atoms with Gasteiger partial charge in [0.2, 0.25) is 15.9 Å². The molecule has 9 heteroatoms. The summed E-state index contributed by atoms with van der Waals surface area (Å²) in [6, 6.07) is 19.1. The maximum absolute atomic E-state index is 13.6. The van der Waals surface area contributed by atoms with Gasteiger partial charge < -0.3 is 10.0 Å². The molecule has 0 aliphatic heterocycles. The molecule has 3 atom stereocenters. The first kappa shape index (κ1) is 25.4. The van der Waals surface area contributed by atoms with Crippen molar-refractivity contribution in [2.75, 3.05) is 7.05 Å². The third kappa shape index (κ3) is 5.40. The first-order valence-corrected chi connectivity index (χ1v) is 13.2. The largest absolute Gasteiger partial charge is 0.481 e. The van der Waals surface area contributed by atoms with Crippen LogP contribution in [0.5, 0.6) is 0 Å². The molecule has 0 bridgehead atoms. The average molecular weight is 506 g/mol. The van der Waals surface area contributed by atoms with Gasteiger partial charge in [0.15, 0.2) is 0 Å². The van der Waals surface area contributed by atoms with Gasteiger partial charge in [0, 0.05) is 13.1 Å². The molecule has 8 nitrogen and oxygen atoms in total. The second-order valence-electron chi connectivity index (χ2n) is 9.09. The number of hydrogen-bond acceptors (Lipinski definition) is 5. The number of carboxylic acids is 1. The lowest BCUT2D eigenvalue weighted by molar-refractivity contribution is -0.145. The second kappa shape index (κ2) is 10.5. The zero-order valence-electron chi connectivity index (χ0n) is 19.8. The van der Waals surface area contributed by atoms with Crippen LogP contribution in [-0.4, -0.2) is 49.4 Å². The number of nitrogens with zero attached hydrogens (tertiary/aromatic N) is 2. The molecule has 186 valence electrons. The molecule has 3 aromatic rings. The van der Waals surface area contributed by atoms with Crippen molar-refractivity contribution in [1.82, 2.24) is 9.62 Å². The van der Waals surface area contributed by atoms with Crippen molar-refractivity contribution in [3.8, 4) is 6.07 Å². The zero-order valence-corrected chi connectivity index (χ0v) is 20.6. The number of nitrogens with one attached hydrogen (secondary N) is 1. The van der Waals surface area contributed by atoms with E-state index in [0.717, 1.165) is 10.8 Å². The fraction of sp³-hybridized carbons (Fsp3) is 0.296. The highest BCUT2D eigenvalue weighted by molar-refractivity contribution is 7.89. The number of benzene rings is 3. The minimum atomic E-state index is -4.08. The van der Waals surface area contributed by atoms with Crippen molar-refractivity contribution >= 4 is 32.7 Å². The van der Waals surface area contributed by atoms with E-state index in [1.54, 1.807) is 36.4 Å². The van der Waals surface area contributed by atoms with Gasteiger partial charge in [-0.25, -0.2) is 8.42 Å². The van der Waals surface area contributed by atoms with Gasteiger partial charge in [0.05, 0.1) is 22.4 Å². The van der Waals surface area contributed by atoms with Crippen molar-refractivity contribution in [2.24, 2.45) is 5.92 Å². The molecule has 36 heavy (non-hydrogen) atoms. The molecule has 2 N–H and O–H groups in total. The molecule has 1 aliphatic rings. The zero-order chi connectivity index (χ0) is 25.9. The summed E-state index contributed by atoms with van der Waals surface area (Å²) in [5.74, 6) is -2.15. The van der Waals surface area contributed by atoms with Gasteiger partial charge in [-0.15, -0.1) is 0 Å². The third-order valence-corrected chi connectivity index (χ3v) is 8.26.